The topological polar surface area (TPSA) is 36.3 Å². The molecule has 1 rings (SSSR count). The first kappa shape index (κ1) is 15.0. The van der Waals surface area contributed by atoms with E-state index in [9.17, 15) is 0 Å². The van der Waals surface area contributed by atoms with Crippen molar-refractivity contribution in [3.05, 3.63) is 29.3 Å². The molecule has 0 heterocycles. The quantitative estimate of drug-likeness (QED) is 0.725. The minimum absolute atomic E-state index is 0.527. The van der Waals surface area contributed by atoms with E-state index in [-0.39, 0.29) is 0 Å². The van der Waals surface area contributed by atoms with E-state index < -0.39 is 0 Å². The van der Waals surface area contributed by atoms with Crippen LogP contribution in [-0.2, 0) is 10.1 Å². The summed E-state index contributed by atoms with van der Waals surface area (Å²) in [4.78, 5) is 2.21. The van der Waals surface area contributed by atoms with Gasteiger partial charge in [-0.25, -0.2) is 0 Å². The lowest BCUT2D eigenvalue weighted by Gasteiger charge is -2.26. The van der Waals surface area contributed by atoms with Gasteiger partial charge in [-0.1, -0.05) is 33.6 Å². The van der Waals surface area contributed by atoms with Gasteiger partial charge in [-0.3, -0.25) is 0 Å². The third kappa shape index (κ3) is 4.32. The average molecular weight is 311 g/mol. The maximum absolute atomic E-state index is 8.74. The molecule has 0 N–H and O–H groups in total. The third-order valence-corrected chi connectivity index (χ3v) is 3.38. The first-order valence-electron chi connectivity index (χ1n) is 5.99. The molecule has 1 aromatic rings. The predicted octanol–water partition coefficient (Wildman–Crippen LogP) is 3.26. The molecule has 3 nitrogen and oxygen atoms in total. The smallest absolute Gasteiger partial charge is 0.0640 e. The van der Waals surface area contributed by atoms with Crippen molar-refractivity contribution in [2.45, 2.75) is 18.7 Å². The standard InChI is InChI=1S/C14H19BrN2O/c1-12-4-5-14(13(10-12)11-15)17(7-3-6-16)8-9-18-2/h4-5,10H,3,7-9,11H2,1-2H3. The largest absolute Gasteiger partial charge is 0.383 e. The molecule has 0 aliphatic heterocycles. The van der Waals surface area contributed by atoms with Crippen molar-refractivity contribution in [2.24, 2.45) is 0 Å². The van der Waals surface area contributed by atoms with Crippen LogP contribution in [0.15, 0.2) is 18.2 Å². The summed E-state index contributed by atoms with van der Waals surface area (Å²) < 4.78 is 5.13. The Morgan fingerprint density at radius 3 is 2.78 bits per heavy atom. The molecule has 0 aromatic heterocycles. The SMILES string of the molecule is COCCN(CCC#N)c1ccc(C)cc1CBr. The van der Waals surface area contributed by atoms with E-state index in [0.29, 0.717) is 13.0 Å². The van der Waals surface area contributed by atoms with Gasteiger partial charge in [0.05, 0.1) is 19.1 Å². The Balaban J connectivity index is 2.92. The summed E-state index contributed by atoms with van der Waals surface area (Å²) in [5.41, 5.74) is 3.69. The fraction of sp³-hybridized carbons (Fsp3) is 0.500. The van der Waals surface area contributed by atoms with Gasteiger partial charge in [-0.05, 0) is 18.6 Å². The van der Waals surface area contributed by atoms with Gasteiger partial charge in [0.1, 0.15) is 0 Å². The summed E-state index contributed by atoms with van der Waals surface area (Å²) >= 11 is 3.52. The molecule has 18 heavy (non-hydrogen) atoms. The number of hydrogen-bond donors (Lipinski definition) is 0. The Morgan fingerprint density at radius 2 is 2.17 bits per heavy atom. The summed E-state index contributed by atoms with van der Waals surface area (Å²) in [7, 11) is 1.70. The number of hydrogen-bond acceptors (Lipinski definition) is 3. The number of halogens is 1. The Hall–Kier alpha value is -1.05. The molecule has 0 amide bonds. The summed E-state index contributed by atoms with van der Waals surface area (Å²) in [6, 6.07) is 8.60. The number of nitrogens with zero attached hydrogens (tertiary/aromatic N) is 2. The summed E-state index contributed by atoms with van der Waals surface area (Å²) in [6.07, 6.45) is 0.527. The van der Waals surface area contributed by atoms with Crippen molar-refractivity contribution >= 4 is 21.6 Å². The Bertz CT molecular complexity index is 415. The van der Waals surface area contributed by atoms with Gasteiger partial charge >= 0.3 is 0 Å². The highest BCUT2D eigenvalue weighted by Gasteiger charge is 2.10. The fourth-order valence-electron chi connectivity index (χ4n) is 1.87. The highest BCUT2D eigenvalue weighted by Crippen LogP contribution is 2.24. The van der Waals surface area contributed by atoms with Gasteiger partial charge < -0.3 is 9.64 Å². The average Bonchev–Trinajstić information content (AvgIpc) is 2.39. The van der Waals surface area contributed by atoms with E-state index in [1.807, 2.05) is 0 Å². The zero-order valence-corrected chi connectivity index (χ0v) is 12.5. The van der Waals surface area contributed by atoms with Crippen molar-refractivity contribution in [1.29, 1.82) is 5.26 Å². The molecule has 0 atom stereocenters. The molecule has 0 saturated heterocycles. The van der Waals surface area contributed by atoms with Gasteiger partial charge in [0.15, 0.2) is 0 Å². The van der Waals surface area contributed by atoms with Crippen LogP contribution >= 0.6 is 15.9 Å². The van der Waals surface area contributed by atoms with Crippen molar-refractivity contribution in [2.75, 3.05) is 31.7 Å². The normalized spacial score (nSPS) is 10.1. The van der Waals surface area contributed by atoms with Crippen LogP contribution in [0.4, 0.5) is 5.69 Å². The number of nitriles is 1. The molecule has 0 saturated carbocycles. The highest BCUT2D eigenvalue weighted by atomic mass is 79.9. The molecule has 4 heteroatoms. The number of alkyl halides is 1. The molecule has 0 bridgehead atoms. The van der Waals surface area contributed by atoms with E-state index in [1.54, 1.807) is 7.11 Å². The summed E-state index contributed by atoms with van der Waals surface area (Å²) in [6.45, 7) is 4.30. The van der Waals surface area contributed by atoms with Gasteiger partial charge in [-0.2, -0.15) is 5.26 Å². The van der Waals surface area contributed by atoms with E-state index in [0.717, 1.165) is 18.4 Å². The van der Waals surface area contributed by atoms with E-state index in [4.69, 9.17) is 10.00 Å². The van der Waals surface area contributed by atoms with Crippen molar-refractivity contribution < 1.29 is 4.74 Å². The van der Waals surface area contributed by atoms with Crippen LogP contribution in [0.3, 0.4) is 0 Å². The second kappa shape index (κ2) is 8.12. The minimum atomic E-state index is 0.527. The molecule has 0 spiro atoms. The number of aryl methyl sites for hydroxylation is 1. The molecule has 0 radical (unpaired) electrons. The second-order valence-electron chi connectivity index (χ2n) is 4.15. The van der Waals surface area contributed by atoms with Crippen LogP contribution < -0.4 is 4.90 Å². The zero-order chi connectivity index (χ0) is 13.4. The first-order valence-corrected chi connectivity index (χ1v) is 7.11. The third-order valence-electron chi connectivity index (χ3n) is 2.78. The van der Waals surface area contributed by atoms with E-state index in [2.05, 4.69) is 52.0 Å². The van der Waals surface area contributed by atoms with Crippen LogP contribution in [0.2, 0.25) is 0 Å². The zero-order valence-electron chi connectivity index (χ0n) is 10.9. The Kier molecular flexibility index (Phi) is 6.77. The molecular formula is C14H19BrN2O. The first-order chi connectivity index (χ1) is 8.72. The molecule has 98 valence electrons. The minimum Gasteiger partial charge on any atom is -0.383 e. The van der Waals surface area contributed by atoms with Gasteiger partial charge in [0, 0.05) is 31.2 Å². The number of benzene rings is 1. The van der Waals surface area contributed by atoms with Gasteiger partial charge in [-0.15, -0.1) is 0 Å². The van der Waals surface area contributed by atoms with Crippen molar-refractivity contribution in [3.63, 3.8) is 0 Å². The lowest BCUT2D eigenvalue weighted by Crippen LogP contribution is -2.29. The second-order valence-corrected chi connectivity index (χ2v) is 4.71. The summed E-state index contributed by atoms with van der Waals surface area (Å²) in [5.74, 6) is 0. The lowest BCUT2D eigenvalue weighted by atomic mass is 10.1. The van der Waals surface area contributed by atoms with Crippen LogP contribution in [0.5, 0.6) is 0 Å². The number of anilines is 1. The maximum atomic E-state index is 8.74. The number of ether oxygens (including phenoxy) is 1. The van der Waals surface area contributed by atoms with Crippen LogP contribution in [0.1, 0.15) is 17.5 Å². The van der Waals surface area contributed by atoms with Gasteiger partial charge in [0.2, 0.25) is 0 Å². The molecular weight excluding hydrogens is 292 g/mol. The van der Waals surface area contributed by atoms with Gasteiger partial charge in [0.25, 0.3) is 0 Å². The lowest BCUT2D eigenvalue weighted by molar-refractivity contribution is 0.205. The molecule has 0 aliphatic rings. The Morgan fingerprint density at radius 1 is 1.39 bits per heavy atom. The molecule has 0 aliphatic carbocycles. The predicted molar refractivity (Wildman–Crippen MR) is 78.1 cm³/mol. The van der Waals surface area contributed by atoms with Crippen LogP contribution in [0.25, 0.3) is 0 Å². The maximum Gasteiger partial charge on any atom is 0.0640 e. The van der Waals surface area contributed by atoms with E-state index >= 15 is 0 Å². The van der Waals surface area contributed by atoms with Crippen molar-refractivity contribution in [3.8, 4) is 6.07 Å². The summed E-state index contributed by atoms with van der Waals surface area (Å²) in [5, 5.41) is 9.56. The monoisotopic (exact) mass is 310 g/mol. The Labute approximate surface area is 117 Å². The number of rotatable bonds is 7. The molecule has 0 fully saturated rings. The highest BCUT2D eigenvalue weighted by molar-refractivity contribution is 9.08. The number of methoxy groups -OCH3 is 1. The van der Waals surface area contributed by atoms with Crippen LogP contribution in [-0.4, -0.2) is 26.8 Å². The van der Waals surface area contributed by atoms with Crippen molar-refractivity contribution in [1.82, 2.24) is 0 Å². The molecule has 0 unspecified atom stereocenters. The van der Waals surface area contributed by atoms with Crippen LogP contribution in [0, 0.1) is 18.3 Å². The fourth-order valence-corrected chi connectivity index (χ4v) is 2.32. The van der Waals surface area contributed by atoms with E-state index in [1.165, 1.54) is 16.8 Å². The molecule has 1 aromatic carbocycles.